The molecule has 3 aromatic rings. The Labute approximate surface area is 171 Å². The van der Waals surface area contributed by atoms with Crippen molar-refractivity contribution < 1.29 is 33.3 Å². The second-order valence-corrected chi connectivity index (χ2v) is 6.46. The summed E-state index contributed by atoms with van der Waals surface area (Å²) in [5.41, 5.74) is 1.53. The number of para-hydroxylation sites is 1. The van der Waals surface area contributed by atoms with E-state index < -0.39 is 24.5 Å². The molecular formula is C21H18N2O7. The van der Waals surface area contributed by atoms with Gasteiger partial charge in [-0.25, -0.2) is 4.79 Å². The monoisotopic (exact) mass is 410 g/mol. The quantitative estimate of drug-likeness (QED) is 0.622. The van der Waals surface area contributed by atoms with Crippen molar-refractivity contribution in [2.75, 3.05) is 25.8 Å². The van der Waals surface area contributed by atoms with Crippen molar-refractivity contribution in [2.45, 2.75) is 6.54 Å². The Hall–Kier alpha value is -4.01. The van der Waals surface area contributed by atoms with Crippen molar-refractivity contribution in [3.05, 3.63) is 54.2 Å². The molecule has 0 unspecified atom stereocenters. The zero-order chi connectivity index (χ0) is 21.1. The van der Waals surface area contributed by atoms with Gasteiger partial charge in [0.2, 0.25) is 6.79 Å². The largest absolute Gasteiger partial charge is 0.465 e. The highest BCUT2D eigenvalue weighted by molar-refractivity contribution is 6.04. The van der Waals surface area contributed by atoms with Crippen LogP contribution in [0.3, 0.4) is 0 Å². The van der Waals surface area contributed by atoms with Crippen molar-refractivity contribution in [1.29, 1.82) is 0 Å². The third-order valence-electron chi connectivity index (χ3n) is 4.51. The molecule has 1 aromatic heterocycles. The molecule has 2 heterocycles. The number of hydrogen-bond acceptors (Lipinski definition) is 7. The van der Waals surface area contributed by atoms with E-state index in [9.17, 15) is 14.4 Å². The van der Waals surface area contributed by atoms with Crippen LogP contribution in [0.15, 0.2) is 48.7 Å². The van der Waals surface area contributed by atoms with Gasteiger partial charge in [0.05, 0.1) is 12.7 Å². The van der Waals surface area contributed by atoms with E-state index in [4.69, 9.17) is 18.9 Å². The predicted molar refractivity (Wildman–Crippen MR) is 105 cm³/mol. The Morgan fingerprint density at radius 2 is 1.90 bits per heavy atom. The van der Waals surface area contributed by atoms with Gasteiger partial charge in [-0.05, 0) is 18.2 Å². The predicted octanol–water partition coefficient (Wildman–Crippen LogP) is 2.34. The van der Waals surface area contributed by atoms with Gasteiger partial charge in [-0.15, -0.1) is 0 Å². The Bertz CT molecular complexity index is 1140. The van der Waals surface area contributed by atoms with Crippen molar-refractivity contribution in [2.24, 2.45) is 0 Å². The van der Waals surface area contributed by atoms with Crippen LogP contribution in [0, 0.1) is 0 Å². The first-order valence-electron chi connectivity index (χ1n) is 9.06. The number of benzene rings is 2. The lowest BCUT2D eigenvalue weighted by Gasteiger charge is -2.08. The zero-order valence-electron chi connectivity index (χ0n) is 16.0. The molecule has 0 atom stereocenters. The Morgan fingerprint density at radius 1 is 1.10 bits per heavy atom. The van der Waals surface area contributed by atoms with Crippen molar-refractivity contribution >= 4 is 34.4 Å². The smallest absolute Gasteiger partial charge is 0.340 e. The van der Waals surface area contributed by atoms with E-state index in [1.54, 1.807) is 47.0 Å². The molecular weight excluding hydrogens is 392 g/mol. The van der Waals surface area contributed by atoms with Crippen LogP contribution >= 0.6 is 0 Å². The Balaban J connectivity index is 1.37. The molecule has 9 heteroatoms. The third-order valence-corrected chi connectivity index (χ3v) is 4.51. The molecule has 0 radical (unpaired) electrons. The zero-order valence-corrected chi connectivity index (χ0v) is 16.0. The number of aromatic nitrogens is 1. The average Bonchev–Trinajstić information content (AvgIpc) is 3.36. The van der Waals surface area contributed by atoms with Gasteiger partial charge in [-0.2, -0.15) is 0 Å². The molecule has 0 aliphatic carbocycles. The maximum Gasteiger partial charge on any atom is 0.340 e. The SMILES string of the molecule is COC(=O)c1cn(CC(=O)OCC(=O)Nc2ccc3c(c2)OCO3)c2ccccc12. The van der Waals surface area contributed by atoms with Gasteiger partial charge < -0.3 is 28.8 Å². The minimum absolute atomic E-state index is 0.135. The highest BCUT2D eigenvalue weighted by atomic mass is 16.7. The lowest BCUT2D eigenvalue weighted by Crippen LogP contribution is -2.22. The first-order chi connectivity index (χ1) is 14.5. The summed E-state index contributed by atoms with van der Waals surface area (Å²) >= 11 is 0. The maximum absolute atomic E-state index is 12.2. The maximum atomic E-state index is 12.2. The van der Waals surface area contributed by atoms with Gasteiger partial charge in [-0.3, -0.25) is 9.59 Å². The summed E-state index contributed by atoms with van der Waals surface area (Å²) in [6, 6.07) is 12.1. The number of ether oxygens (including phenoxy) is 4. The van der Waals surface area contributed by atoms with Crippen LogP contribution in [0.2, 0.25) is 0 Å². The summed E-state index contributed by atoms with van der Waals surface area (Å²) in [5, 5.41) is 3.29. The molecule has 1 aliphatic rings. The summed E-state index contributed by atoms with van der Waals surface area (Å²) in [5.74, 6) is -0.473. The molecule has 0 fully saturated rings. The summed E-state index contributed by atoms with van der Waals surface area (Å²) in [4.78, 5) is 36.3. The van der Waals surface area contributed by atoms with Gasteiger partial charge in [0.1, 0.15) is 6.54 Å². The number of esters is 2. The molecule has 0 bridgehead atoms. The molecule has 0 spiro atoms. The van der Waals surface area contributed by atoms with E-state index in [-0.39, 0.29) is 13.3 Å². The van der Waals surface area contributed by atoms with Crippen molar-refractivity contribution in [1.82, 2.24) is 4.57 Å². The first kappa shape index (κ1) is 19.3. The van der Waals surface area contributed by atoms with Crippen molar-refractivity contribution in [3.63, 3.8) is 0 Å². The van der Waals surface area contributed by atoms with Gasteiger partial charge in [-0.1, -0.05) is 18.2 Å². The first-order valence-corrected chi connectivity index (χ1v) is 9.06. The fourth-order valence-corrected chi connectivity index (χ4v) is 3.15. The second kappa shape index (κ2) is 8.16. The summed E-state index contributed by atoms with van der Waals surface area (Å²) in [7, 11) is 1.29. The number of hydrogen-bond donors (Lipinski definition) is 1. The van der Waals surface area contributed by atoms with Crippen LogP contribution in [0.25, 0.3) is 10.9 Å². The molecule has 0 saturated heterocycles. The number of fused-ring (bicyclic) bond motifs is 2. The molecule has 2 aromatic carbocycles. The van der Waals surface area contributed by atoms with Crippen LogP contribution in [0.4, 0.5) is 5.69 Å². The van der Waals surface area contributed by atoms with E-state index in [1.165, 1.54) is 13.3 Å². The highest BCUT2D eigenvalue weighted by Crippen LogP contribution is 2.34. The number of carbonyl (C=O) groups excluding carboxylic acids is 3. The molecule has 154 valence electrons. The average molecular weight is 410 g/mol. The lowest BCUT2D eigenvalue weighted by atomic mass is 10.2. The number of methoxy groups -OCH3 is 1. The highest BCUT2D eigenvalue weighted by Gasteiger charge is 2.18. The van der Waals surface area contributed by atoms with Gasteiger partial charge in [0.15, 0.2) is 18.1 Å². The number of nitrogens with one attached hydrogen (secondary N) is 1. The van der Waals surface area contributed by atoms with E-state index in [2.05, 4.69) is 5.32 Å². The number of anilines is 1. The van der Waals surface area contributed by atoms with Gasteiger partial charge in [0.25, 0.3) is 5.91 Å². The van der Waals surface area contributed by atoms with Crippen molar-refractivity contribution in [3.8, 4) is 11.5 Å². The summed E-state index contributed by atoms with van der Waals surface area (Å²) < 4.78 is 21.9. The number of nitrogens with zero attached hydrogens (tertiary/aromatic N) is 1. The molecule has 1 aliphatic heterocycles. The van der Waals surface area contributed by atoms with E-state index in [1.807, 2.05) is 0 Å². The molecule has 0 saturated carbocycles. The normalized spacial score (nSPS) is 11.9. The Kier molecular flexibility index (Phi) is 5.25. The molecule has 1 amide bonds. The molecule has 30 heavy (non-hydrogen) atoms. The lowest BCUT2D eigenvalue weighted by molar-refractivity contribution is -0.147. The standard InChI is InChI=1S/C21H18N2O7/c1-27-21(26)15-9-23(16-5-3-2-4-14(15)16)10-20(25)28-11-19(24)22-13-6-7-17-18(8-13)30-12-29-17/h2-9H,10-12H2,1H3,(H,22,24). The number of amides is 1. The molecule has 9 nitrogen and oxygen atoms in total. The Morgan fingerprint density at radius 3 is 2.73 bits per heavy atom. The van der Waals surface area contributed by atoms with Crippen LogP contribution in [-0.2, 0) is 25.6 Å². The van der Waals surface area contributed by atoms with Crippen LogP contribution in [0.5, 0.6) is 11.5 Å². The fraction of sp³-hybridized carbons (Fsp3) is 0.190. The van der Waals surface area contributed by atoms with Gasteiger partial charge in [0, 0.05) is 28.9 Å². The molecule has 1 N–H and O–H groups in total. The van der Waals surface area contributed by atoms with E-state index in [0.29, 0.717) is 33.7 Å². The molecule has 4 rings (SSSR count). The topological polar surface area (TPSA) is 105 Å². The third kappa shape index (κ3) is 3.90. The second-order valence-electron chi connectivity index (χ2n) is 6.46. The number of rotatable bonds is 6. The van der Waals surface area contributed by atoms with Crippen LogP contribution in [-0.4, -0.2) is 42.9 Å². The summed E-state index contributed by atoms with van der Waals surface area (Å²) in [6.45, 7) is -0.471. The van der Waals surface area contributed by atoms with Crippen LogP contribution in [0.1, 0.15) is 10.4 Å². The van der Waals surface area contributed by atoms with E-state index >= 15 is 0 Å². The fourth-order valence-electron chi connectivity index (χ4n) is 3.15. The summed E-state index contributed by atoms with van der Waals surface area (Å²) in [6.07, 6.45) is 1.53. The van der Waals surface area contributed by atoms with Gasteiger partial charge >= 0.3 is 11.9 Å². The minimum atomic E-state index is -0.618. The number of carbonyl (C=O) groups is 3. The minimum Gasteiger partial charge on any atom is -0.465 e. The van der Waals surface area contributed by atoms with E-state index in [0.717, 1.165) is 0 Å². The van der Waals surface area contributed by atoms with Crippen LogP contribution < -0.4 is 14.8 Å².